The third-order valence-electron chi connectivity index (χ3n) is 6.04. The zero-order chi connectivity index (χ0) is 22.9. The first-order valence-corrected chi connectivity index (χ1v) is 11.7. The Hall–Kier alpha value is -3.02. The maximum absolute atomic E-state index is 12.3. The maximum Gasteiger partial charge on any atom is 0.262 e. The molecular formula is C26H35N3O3. The normalized spacial score (nSPS) is 14.7. The van der Waals surface area contributed by atoms with Gasteiger partial charge in [0.1, 0.15) is 5.75 Å². The fourth-order valence-corrected chi connectivity index (χ4v) is 3.82. The molecule has 0 bridgehead atoms. The molecule has 2 aromatic rings. The van der Waals surface area contributed by atoms with Crippen molar-refractivity contribution in [1.82, 2.24) is 4.90 Å². The molecule has 1 aliphatic rings. The number of carbonyl (C=O) groups is 2. The molecule has 32 heavy (non-hydrogen) atoms. The molecule has 1 heterocycles. The number of amides is 2. The number of piperazine rings is 1. The average molecular weight is 438 g/mol. The van der Waals surface area contributed by atoms with E-state index in [0.717, 1.165) is 50.4 Å². The van der Waals surface area contributed by atoms with E-state index in [1.165, 1.54) is 5.56 Å². The molecule has 0 aromatic heterocycles. The second-order valence-corrected chi connectivity index (χ2v) is 8.38. The lowest BCUT2D eigenvalue weighted by atomic mass is 9.99. The number of nitrogens with one attached hydrogen (secondary N) is 1. The summed E-state index contributed by atoms with van der Waals surface area (Å²) < 4.78 is 5.62. The van der Waals surface area contributed by atoms with Crippen LogP contribution in [0, 0.1) is 0 Å². The molecule has 1 aliphatic heterocycles. The van der Waals surface area contributed by atoms with Gasteiger partial charge in [-0.3, -0.25) is 9.59 Å². The fraction of sp³-hybridized carbons (Fsp3) is 0.462. The second kappa shape index (κ2) is 11.6. The summed E-state index contributed by atoms with van der Waals surface area (Å²) in [6.45, 7) is 9.53. The summed E-state index contributed by atoms with van der Waals surface area (Å²) in [7, 11) is 0. The Morgan fingerprint density at radius 1 is 0.969 bits per heavy atom. The summed E-state index contributed by atoms with van der Waals surface area (Å²) in [5, 5.41) is 2.88. The van der Waals surface area contributed by atoms with Gasteiger partial charge in [-0.2, -0.15) is 0 Å². The number of ether oxygens (including phenoxy) is 1. The second-order valence-electron chi connectivity index (χ2n) is 8.38. The van der Waals surface area contributed by atoms with E-state index in [9.17, 15) is 9.59 Å². The Bertz CT molecular complexity index is 872. The van der Waals surface area contributed by atoms with Crippen LogP contribution in [0.4, 0.5) is 11.4 Å². The van der Waals surface area contributed by atoms with Gasteiger partial charge >= 0.3 is 0 Å². The van der Waals surface area contributed by atoms with Crippen molar-refractivity contribution in [2.75, 3.05) is 43.0 Å². The predicted molar refractivity (Wildman–Crippen MR) is 129 cm³/mol. The van der Waals surface area contributed by atoms with Gasteiger partial charge in [0.25, 0.3) is 5.91 Å². The number of rotatable bonds is 9. The van der Waals surface area contributed by atoms with Crippen LogP contribution in [0.2, 0.25) is 0 Å². The van der Waals surface area contributed by atoms with E-state index in [-0.39, 0.29) is 18.4 Å². The van der Waals surface area contributed by atoms with Crippen molar-refractivity contribution in [3.8, 4) is 5.75 Å². The Balaban J connectivity index is 1.44. The van der Waals surface area contributed by atoms with Crippen LogP contribution in [0.25, 0.3) is 0 Å². The first-order chi connectivity index (χ1) is 15.5. The van der Waals surface area contributed by atoms with Crippen LogP contribution in [-0.4, -0.2) is 49.5 Å². The maximum atomic E-state index is 12.3. The van der Waals surface area contributed by atoms with Crippen LogP contribution in [-0.2, 0) is 9.59 Å². The minimum Gasteiger partial charge on any atom is -0.484 e. The van der Waals surface area contributed by atoms with Gasteiger partial charge in [-0.15, -0.1) is 0 Å². The van der Waals surface area contributed by atoms with Gasteiger partial charge in [0, 0.05) is 44.0 Å². The van der Waals surface area contributed by atoms with Gasteiger partial charge in [-0.1, -0.05) is 32.9 Å². The van der Waals surface area contributed by atoms with Crippen molar-refractivity contribution in [3.05, 3.63) is 54.1 Å². The average Bonchev–Trinajstić information content (AvgIpc) is 2.83. The summed E-state index contributed by atoms with van der Waals surface area (Å²) >= 11 is 0. The first-order valence-electron chi connectivity index (χ1n) is 11.7. The topological polar surface area (TPSA) is 61.9 Å². The number of hydrogen-bond acceptors (Lipinski definition) is 4. The van der Waals surface area contributed by atoms with Crippen molar-refractivity contribution in [2.24, 2.45) is 0 Å². The van der Waals surface area contributed by atoms with Gasteiger partial charge in [0.05, 0.1) is 0 Å². The third-order valence-corrected chi connectivity index (χ3v) is 6.04. The highest BCUT2D eigenvalue weighted by molar-refractivity contribution is 5.92. The first kappa shape index (κ1) is 23.6. The Kier molecular flexibility index (Phi) is 8.54. The molecular weight excluding hydrogens is 402 g/mol. The van der Waals surface area contributed by atoms with Crippen LogP contribution in [0.3, 0.4) is 0 Å². The highest BCUT2D eigenvalue weighted by atomic mass is 16.5. The zero-order valence-corrected chi connectivity index (χ0v) is 19.5. The van der Waals surface area contributed by atoms with E-state index in [4.69, 9.17) is 4.74 Å². The van der Waals surface area contributed by atoms with E-state index < -0.39 is 0 Å². The molecule has 0 radical (unpaired) electrons. The van der Waals surface area contributed by atoms with Crippen LogP contribution >= 0.6 is 0 Å². The van der Waals surface area contributed by atoms with Crippen LogP contribution in [0.1, 0.15) is 51.5 Å². The summed E-state index contributed by atoms with van der Waals surface area (Å²) in [4.78, 5) is 28.5. The minimum atomic E-state index is -0.188. The van der Waals surface area contributed by atoms with E-state index in [0.29, 0.717) is 18.1 Å². The van der Waals surface area contributed by atoms with Gasteiger partial charge in [-0.25, -0.2) is 0 Å². The number of anilines is 2. The minimum absolute atomic E-state index is 0.0296. The molecule has 6 heteroatoms. The Morgan fingerprint density at radius 2 is 1.62 bits per heavy atom. The SMILES string of the molecule is CCCC(=O)N1CCN(c2ccc(NC(=O)COc3ccc([C@@H](C)CC)cc3)cc2)CC1. The summed E-state index contributed by atoms with van der Waals surface area (Å²) in [6.07, 6.45) is 2.61. The molecule has 1 atom stereocenters. The van der Waals surface area contributed by atoms with E-state index in [1.54, 1.807) is 0 Å². The summed E-state index contributed by atoms with van der Waals surface area (Å²) in [5.74, 6) is 1.27. The van der Waals surface area contributed by atoms with Crippen molar-refractivity contribution in [3.63, 3.8) is 0 Å². The molecule has 0 spiro atoms. The number of carbonyl (C=O) groups excluding carboxylic acids is 2. The van der Waals surface area contributed by atoms with Crippen molar-refractivity contribution >= 4 is 23.2 Å². The number of hydrogen-bond donors (Lipinski definition) is 1. The van der Waals surface area contributed by atoms with Gasteiger partial charge in [0.15, 0.2) is 6.61 Å². The molecule has 0 saturated carbocycles. The number of benzene rings is 2. The van der Waals surface area contributed by atoms with E-state index in [1.807, 2.05) is 48.2 Å². The largest absolute Gasteiger partial charge is 0.484 e. The molecule has 1 fully saturated rings. The van der Waals surface area contributed by atoms with E-state index >= 15 is 0 Å². The molecule has 0 aliphatic carbocycles. The van der Waals surface area contributed by atoms with Gasteiger partial charge in [-0.05, 0) is 60.7 Å². The molecule has 3 rings (SSSR count). The lowest BCUT2D eigenvalue weighted by Crippen LogP contribution is -2.48. The van der Waals surface area contributed by atoms with Gasteiger partial charge in [0.2, 0.25) is 5.91 Å². The van der Waals surface area contributed by atoms with Crippen LogP contribution in [0.5, 0.6) is 5.75 Å². The standard InChI is InChI=1S/C26H35N3O3/c1-4-6-26(31)29-17-15-28(16-18-29)23-11-9-22(10-12-23)27-25(30)19-32-24-13-7-21(8-14-24)20(3)5-2/h7-14,20H,4-6,15-19H2,1-3H3,(H,27,30)/t20-/m0/s1. The highest BCUT2D eigenvalue weighted by Crippen LogP contribution is 2.22. The number of nitrogens with zero attached hydrogens (tertiary/aromatic N) is 2. The highest BCUT2D eigenvalue weighted by Gasteiger charge is 2.20. The van der Waals surface area contributed by atoms with E-state index in [2.05, 4.69) is 36.2 Å². The van der Waals surface area contributed by atoms with Crippen molar-refractivity contribution in [1.29, 1.82) is 0 Å². The monoisotopic (exact) mass is 437 g/mol. The lowest BCUT2D eigenvalue weighted by Gasteiger charge is -2.36. The van der Waals surface area contributed by atoms with Crippen molar-refractivity contribution in [2.45, 2.75) is 46.0 Å². The predicted octanol–water partition coefficient (Wildman–Crippen LogP) is 4.67. The molecule has 2 aromatic carbocycles. The van der Waals surface area contributed by atoms with Crippen molar-refractivity contribution < 1.29 is 14.3 Å². The third kappa shape index (κ3) is 6.49. The summed E-state index contributed by atoms with van der Waals surface area (Å²) in [6, 6.07) is 15.8. The Labute approximate surface area is 191 Å². The van der Waals surface area contributed by atoms with Crippen LogP contribution < -0.4 is 15.0 Å². The molecule has 1 N–H and O–H groups in total. The lowest BCUT2D eigenvalue weighted by molar-refractivity contribution is -0.131. The molecule has 2 amide bonds. The molecule has 172 valence electrons. The smallest absolute Gasteiger partial charge is 0.262 e. The fourth-order valence-electron chi connectivity index (χ4n) is 3.82. The molecule has 0 unspecified atom stereocenters. The van der Waals surface area contributed by atoms with Crippen LogP contribution in [0.15, 0.2) is 48.5 Å². The zero-order valence-electron chi connectivity index (χ0n) is 19.5. The Morgan fingerprint density at radius 3 is 2.22 bits per heavy atom. The van der Waals surface area contributed by atoms with Gasteiger partial charge < -0.3 is 19.9 Å². The quantitative estimate of drug-likeness (QED) is 0.619. The summed E-state index contributed by atoms with van der Waals surface area (Å²) in [5.41, 5.74) is 3.12. The molecule has 6 nitrogen and oxygen atoms in total. The molecule has 1 saturated heterocycles.